The second-order valence-corrected chi connectivity index (χ2v) is 7.19. The highest BCUT2D eigenvalue weighted by Gasteiger charge is 2.29. The molecule has 1 aliphatic carbocycles. The van der Waals surface area contributed by atoms with Crippen LogP contribution in [0.15, 0.2) is 67.0 Å². The first-order chi connectivity index (χ1) is 13.3. The molecule has 1 aliphatic rings. The Labute approximate surface area is 161 Å². The zero-order chi connectivity index (χ0) is 18.5. The summed E-state index contributed by atoms with van der Waals surface area (Å²) in [6, 6.07) is 20.0. The van der Waals surface area contributed by atoms with Crippen molar-refractivity contribution in [2.45, 2.75) is 45.4 Å². The van der Waals surface area contributed by atoms with Crippen molar-refractivity contribution < 1.29 is 4.74 Å². The van der Waals surface area contributed by atoms with Crippen molar-refractivity contribution in [2.24, 2.45) is 0 Å². The average molecular weight is 361 g/mol. The van der Waals surface area contributed by atoms with E-state index in [-0.39, 0.29) is 0 Å². The summed E-state index contributed by atoms with van der Waals surface area (Å²) < 4.78 is 7.56. The molecule has 0 atom stereocenters. The zero-order valence-corrected chi connectivity index (χ0v) is 15.9. The molecule has 140 valence electrons. The van der Waals surface area contributed by atoms with E-state index in [2.05, 4.69) is 58.5 Å². The summed E-state index contributed by atoms with van der Waals surface area (Å²) in [7, 11) is 0. The van der Waals surface area contributed by atoms with Crippen LogP contribution in [0, 0.1) is 0 Å². The van der Waals surface area contributed by atoms with Crippen molar-refractivity contribution in [3.8, 4) is 5.75 Å². The average Bonchev–Trinajstić information content (AvgIpc) is 3.41. The lowest BCUT2D eigenvalue weighted by Crippen LogP contribution is -2.25. The van der Waals surface area contributed by atoms with Crippen LogP contribution in [0.2, 0.25) is 0 Å². The van der Waals surface area contributed by atoms with E-state index in [0.717, 1.165) is 25.4 Å². The first kappa shape index (κ1) is 17.8. The Hall–Kier alpha value is -2.59. The van der Waals surface area contributed by atoms with E-state index in [1.165, 1.54) is 29.5 Å². The number of benzene rings is 2. The third-order valence-corrected chi connectivity index (χ3v) is 5.07. The molecule has 3 aromatic rings. The zero-order valence-electron chi connectivity index (χ0n) is 15.9. The van der Waals surface area contributed by atoms with Crippen LogP contribution in [-0.4, -0.2) is 27.3 Å². The summed E-state index contributed by atoms with van der Waals surface area (Å²) in [6.45, 7) is 5.51. The number of nitrogens with zero attached hydrogens (tertiary/aromatic N) is 3. The van der Waals surface area contributed by atoms with Crippen LogP contribution in [0.5, 0.6) is 5.75 Å². The summed E-state index contributed by atoms with van der Waals surface area (Å²) in [6.07, 6.45) is 6.47. The Morgan fingerprint density at radius 2 is 1.78 bits per heavy atom. The Balaban J connectivity index is 1.47. The van der Waals surface area contributed by atoms with Gasteiger partial charge in [-0.2, -0.15) is 5.10 Å². The van der Waals surface area contributed by atoms with E-state index in [0.29, 0.717) is 12.6 Å². The molecule has 1 heterocycles. The number of aromatic nitrogens is 2. The van der Waals surface area contributed by atoms with Gasteiger partial charge in [-0.3, -0.25) is 9.58 Å². The molecule has 0 unspecified atom stereocenters. The van der Waals surface area contributed by atoms with Crippen LogP contribution < -0.4 is 4.74 Å². The van der Waals surface area contributed by atoms with Gasteiger partial charge in [0.15, 0.2) is 0 Å². The maximum atomic E-state index is 5.57. The Morgan fingerprint density at radius 3 is 2.44 bits per heavy atom. The van der Waals surface area contributed by atoms with Crippen LogP contribution >= 0.6 is 0 Å². The monoisotopic (exact) mass is 361 g/mol. The molecular weight excluding hydrogens is 334 g/mol. The molecule has 4 rings (SSSR count). The van der Waals surface area contributed by atoms with Crippen molar-refractivity contribution in [3.63, 3.8) is 0 Å². The smallest absolute Gasteiger partial charge is 0.119 e. The molecule has 1 saturated carbocycles. The summed E-state index contributed by atoms with van der Waals surface area (Å²) in [5.41, 5.74) is 4.08. The number of hydrogen-bond donors (Lipinski definition) is 0. The molecule has 27 heavy (non-hydrogen) atoms. The first-order valence-corrected chi connectivity index (χ1v) is 9.82. The van der Waals surface area contributed by atoms with Gasteiger partial charge in [-0.05, 0) is 54.7 Å². The molecule has 0 amide bonds. The molecule has 0 N–H and O–H groups in total. The molecule has 4 nitrogen and oxygen atoms in total. The molecular formula is C23H27N3O. The van der Waals surface area contributed by atoms with Gasteiger partial charge in [-0.25, -0.2) is 0 Å². The summed E-state index contributed by atoms with van der Waals surface area (Å²) >= 11 is 0. The summed E-state index contributed by atoms with van der Waals surface area (Å²) in [4.78, 5) is 2.61. The Bertz CT molecular complexity index is 838. The van der Waals surface area contributed by atoms with Crippen LogP contribution in [0.1, 0.15) is 36.5 Å². The summed E-state index contributed by atoms with van der Waals surface area (Å²) in [5.74, 6) is 0.948. The van der Waals surface area contributed by atoms with Gasteiger partial charge in [0.25, 0.3) is 0 Å². The third-order valence-electron chi connectivity index (χ3n) is 5.07. The number of hydrogen-bond acceptors (Lipinski definition) is 3. The quantitative estimate of drug-likeness (QED) is 0.562. The van der Waals surface area contributed by atoms with Gasteiger partial charge in [0, 0.05) is 31.5 Å². The van der Waals surface area contributed by atoms with E-state index in [1.807, 2.05) is 30.1 Å². The minimum Gasteiger partial charge on any atom is -0.494 e. The maximum absolute atomic E-state index is 5.57. The second-order valence-electron chi connectivity index (χ2n) is 7.19. The van der Waals surface area contributed by atoms with Crippen molar-refractivity contribution in [1.29, 1.82) is 0 Å². The van der Waals surface area contributed by atoms with E-state index >= 15 is 0 Å². The van der Waals surface area contributed by atoms with Gasteiger partial charge in [-0.1, -0.05) is 36.4 Å². The van der Waals surface area contributed by atoms with Gasteiger partial charge >= 0.3 is 0 Å². The van der Waals surface area contributed by atoms with Gasteiger partial charge in [0.05, 0.1) is 13.2 Å². The van der Waals surface area contributed by atoms with E-state index < -0.39 is 0 Å². The largest absolute Gasteiger partial charge is 0.494 e. The fourth-order valence-corrected chi connectivity index (χ4v) is 3.50. The van der Waals surface area contributed by atoms with E-state index in [4.69, 9.17) is 4.74 Å². The molecule has 4 heteroatoms. The lowest BCUT2D eigenvalue weighted by atomic mass is 10.1. The second kappa shape index (κ2) is 8.40. The highest BCUT2D eigenvalue weighted by Crippen LogP contribution is 2.30. The first-order valence-electron chi connectivity index (χ1n) is 9.82. The van der Waals surface area contributed by atoms with Crippen molar-refractivity contribution >= 4 is 0 Å². The minimum absolute atomic E-state index is 0.703. The fourth-order valence-electron chi connectivity index (χ4n) is 3.50. The van der Waals surface area contributed by atoms with Crippen LogP contribution in [-0.2, 0) is 19.6 Å². The summed E-state index contributed by atoms with van der Waals surface area (Å²) in [5, 5.41) is 4.36. The lowest BCUT2D eigenvalue weighted by molar-refractivity contribution is 0.244. The molecule has 1 fully saturated rings. The Morgan fingerprint density at radius 1 is 1.00 bits per heavy atom. The highest BCUT2D eigenvalue weighted by molar-refractivity contribution is 5.29. The van der Waals surface area contributed by atoms with Crippen LogP contribution in [0.3, 0.4) is 0 Å². The maximum Gasteiger partial charge on any atom is 0.119 e. The van der Waals surface area contributed by atoms with Crippen molar-refractivity contribution in [1.82, 2.24) is 14.7 Å². The SMILES string of the molecule is CCOc1ccc(CN(Cc2ccccc2Cn2cccn2)C2CC2)cc1. The van der Waals surface area contributed by atoms with E-state index in [9.17, 15) is 0 Å². The van der Waals surface area contributed by atoms with Crippen molar-refractivity contribution in [2.75, 3.05) is 6.61 Å². The third kappa shape index (κ3) is 4.77. The van der Waals surface area contributed by atoms with Gasteiger partial charge < -0.3 is 4.74 Å². The molecule has 0 radical (unpaired) electrons. The number of ether oxygens (including phenoxy) is 1. The predicted octanol–water partition coefficient (Wildman–Crippen LogP) is 4.49. The normalized spacial score (nSPS) is 13.9. The highest BCUT2D eigenvalue weighted by atomic mass is 16.5. The molecule has 2 aromatic carbocycles. The Kier molecular flexibility index (Phi) is 5.54. The topological polar surface area (TPSA) is 30.3 Å². The molecule has 1 aromatic heterocycles. The van der Waals surface area contributed by atoms with Gasteiger partial charge in [0.1, 0.15) is 5.75 Å². The lowest BCUT2D eigenvalue weighted by Gasteiger charge is -2.24. The fraction of sp³-hybridized carbons (Fsp3) is 0.348. The van der Waals surface area contributed by atoms with Crippen molar-refractivity contribution in [3.05, 3.63) is 83.7 Å². The number of rotatable bonds is 9. The van der Waals surface area contributed by atoms with E-state index in [1.54, 1.807) is 0 Å². The molecule has 0 saturated heterocycles. The van der Waals surface area contributed by atoms with Crippen LogP contribution in [0.4, 0.5) is 0 Å². The van der Waals surface area contributed by atoms with Gasteiger partial charge in [0.2, 0.25) is 0 Å². The predicted molar refractivity (Wildman–Crippen MR) is 108 cm³/mol. The standard InChI is InChI=1S/C23H27N3O/c1-2-27-23-12-8-19(9-13-23)16-25(22-10-11-22)17-20-6-3-4-7-21(20)18-26-15-5-14-24-26/h3-9,12-15,22H,2,10-11,16-18H2,1H3. The molecule has 0 spiro atoms. The molecule has 0 bridgehead atoms. The molecule has 0 aliphatic heterocycles. The van der Waals surface area contributed by atoms with Gasteiger partial charge in [-0.15, -0.1) is 0 Å². The minimum atomic E-state index is 0.703. The van der Waals surface area contributed by atoms with Crippen LogP contribution in [0.25, 0.3) is 0 Å².